The Kier molecular flexibility index (Phi) is 5.00. The highest BCUT2D eigenvalue weighted by molar-refractivity contribution is 7.15. The summed E-state index contributed by atoms with van der Waals surface area (Å²) in [5.41, 5.74) is 1.78. The molecule has 0 aliphatic carbocycles. The van der Waals surface area contributed by atoms with E-state index in [0.717, 1.165) is 21.2 Å². The number of halogens is 1. The van der Waals surface area contributed by atoms with Crippen molar-refractivity contribution in [2.45, 2.75) is 13.1 Å². The van der Waals surface area contributed by atoms with Gasteiger partial charge in [-0.3, -0.25) is 0 Å². The molecule has 0 amide bonds. The first-order valence-electron chi connectivity index (χ1n) is 7.29. The van der Waals surface area contributed by atoms with Gasteiger partial charge in [0.05, 0.1) is 12.0 Å². The van der Waals surface area contributed by atoms with E-state index in [1.54, 1.807) is 30.6 Å². The van der Waals surface area contributed by atoms with E-state index in [1.807, 2.05) is 36.5 Å². The first-order valence-corrected chi connectivity index (χ1v) is 8.11. The van der Waals surface area contributed by atoms with Gasteiger partial charge in [-0.15, -0.1) is 11.3 Å². The van der Waals surface area contributed by atoms with Crippen LogP contribution in [0.2, 0.25) is 0 Å². The smallest absolute Gasteiger partial charge is 0.127 e. The molecule has 1 aromatic heterocycles. The summed E-state index contributed by atoms with van der Waals surface area (Å²) in [5.74, 6) is 0.656. The third-order valence-corrected chi connectivity index (χ3v) is 4.52. The monoisotopic (exact) mass is 328 g/mol. The normalized spacial score (nSPS) is 10.7. The number of hydrogen-bond donors (Lipinski definition) is 1. The van der Waals surface area contributed by atoms with Crippen LogP contribution in [0.4, 0.5) is 4.39 Å². The largest absolute Gasteiger partial charge is 0.497 e. The van der Waals surface area contributed by atoms with Gasteiger partial charge in [0.1, 0.15) is 16.6 Å². The van der Waals surface area contributed by atoms with E-state index in [1.165, 1.54) is 6.07 Å². The summed E-state index contributed by atoms with van der Waals surface area (Å²) < 4.78 is 18.7. The molecular weight excluding hydrogens is 311 g/mol. The second kappa shape index (κ2) is 7.35. The standard InChI is InChI=1S/C18H17FN2OS/c1-22-15-8-6-13(7-9-15)17-11-21-18(23-17)12-20-10-14-4-2-3-5-16(14)19/h2-9,11,20H,10,12H2,1H3. The van der Waals surface area contributed by atoms with Gasteiger partial charge in [-0.2, -0.15) is 0 Å². The fourth-order valence-electron chi connectivity index (χ4n) is 2.23. The molecule has 0 unspecified atom stereocenters. The van der Waals surface area contributed by atoms with Crippen LogP contribution in [0.1, 0.15) is 10.6 Å². The molecule has 0 saturated carbocycles. The van der Waals surface area contributed by atoms with E-state index in [-0.39, 0.29) is 5.82 Å². The zero-order valence-corrected chi connectivity index (χ0v) is 13.6. The first kappa shape index (κ1) is 15.6. The van der Waals surface area contributed by atoms with Crippen LogP contribution in [-0.2, 0) is 13.1 Å². The summed E-state index contributed by atoms with van der Waals surface area (Å²) in [6.07, 6.45) is 1.87. The Balaban J connectivity index is 1.60. The Bertz CT molecular complexity index is 771. The average Bonchev–Trinajstić information content (AvgIpc) is 3.06. The van der Waals surface area contributed by atoms with Crippen LogP contribution in [0.3, 0.4) is 0 Å². The second-order valence-electron chi connectivity index (χ2n) is 5.04. The minimum absolute atomic E-state index is 0.182. The van der Waals surface area contributed by atoms with E-state index in [0.29, 0.717) is 18.7 Å². The van der Waals surface area contributed by atoms with Gasteiger partial charge in [0.2, 0.25) is 0 Å². The average molecular weight is 328 g/mol. The maximum atomic E-state index is 13.5. The Labute approximate surface area is 138 Å². The van der Waals surface area contributed by atoms with E-state index in [2.05, 4.69) is 10.3 Å². The molecule has 0 aliphatic heterocycles. The molecule has 2 aromatic carbocycles. The fourth-order valence-corrected chi connectivity index (χ4v) is 3.12. The Morgan fingerprint density at radius 3 is 2.61 bits per heavy atom. The van der Waals surface area contributed by atoms with E-state index in [4.69, 9.17) is 4.74 Å². The van der Waals surface area contributed by atoms with Gasteiger partial charge in [-0.25, -0.2) is 9.37 Å². The van der Waals surface area contributed by atoms with Crippen LogP contribution in [0.5, 0.6) is 5.75 Å². The SMILES string of the molecule is COc1ccc(-c2cnc(CNCc3ccccc3F)s2)cc1. The zero-order valence-electron chi connectivity index (χ0n) is 12.8. The lowest BCUT2D eigenvalue weighted by Gasteiger charge is -2.04. The topological polar surface area (TPSA) is 34.1 Å². The number of benzene rings is 2. The van der Waals surface area contributed by atoms with Crippen molar-refractivity contribution in [1.82, 2.24) is 10.3 Å². The molecule has 5 heteroatoms. The molecule has 1 heterocycles. The van der Waals surface area contributed by atoms with Crippen LogP contribution in [-0.4, -0.2) is 12.1 Å². The van der Waals surface area contributed by atoms with Gasteiger partial charge in [-0.1, -0.05) is 18.2 Å². The lowest BCUT2D eigenvalue weighted by molar-refractivity contribution is 0.415. The molecule has 3 aromatic rings. The van der Waals surface area contributed by atoms with Crippen molar-refractivity contribution < 1.29 is 9.13 Å². The molecule has 0 bridgehead atoms. The van der Waals surface area contributed by atoms with Crippen LogP contribution < -0.4 is 10.1 Å². The van der Waals surface area contributed by atoms with Gasteiger partial charge < -0.3 is 10.1 Å². The first-order chi connectivity index (χ1) is 11.3. The van der Waals surface area contributed by atoms with E-state index in [9.17, 15) is 4.39 Å². The van der Waals surface area contributed by atoms with Gasteiger partial charge in [0.15, 0.2) is 0 Å². The van der Waals surface area contributed by atoms with Crippen molar-refractivity contribution in [3.63, 3.8) is 0 Å². The molecule has 3 nitrogen and oxygen atoms in total. The number of hydrogen-bond acceptors (Lipinski definition) is 4. The van der Waals surface area contributed by atoms with Crippen LogP contribution in [0.25, 0.3) is 10.4 Å². The highest BCUT2D eigenvalue weighted by Gasteiger charge is 2.06. The zero-order chi connectivity index (χ0) is 16.1. The summed E-state index contributed by atoms with van der Waals surface area (Å²) in [7, 11) is 1.65. The molecule has 23 heavy (non-hydrogen) atoms. The van der Waals surface area contributed by atoms with Crippen molar-refractivity contribution in [3.05, 3.63) is 71.1 Å². The number of ether oxygens (including phenoxy) is 1. The predicted molar refractivity (Wildman–Crippen MR) is 91.0 cm³/mol. The number of rotatable bonds is 6. The quantitative estimate of drug-likeness (QED) is 0.734. The summed E-state index contributed by atoms with van der Waals surface area (Å²) in [5, 5.41) is 4.21. The molecule has 0 spiro atoms. The molecular formula is C18H17FN2OS. The predicted octanol–water partition coefficient (Wildman–Crippen LogP) is 4.25. The summed E-state index contributed by atoms with van der Waals surface area (Å²) >= 11 is 1.63. The fraction of sp³-hybridized carbons (Fsp3) is 0.167. The number of thiazole rings is 1. The lowest BCUT2D eigenvalue weighted by atomic mass is 10.2. The number of aromatic nitrogens is 1. The Hall–Kier alpha value is -2.24. The van der Waals surface area contributed by atoms with Crippen molar-refractivity contribution in [3.8, 4) is 16.2 Å². The van der Waals surface area contributed by atoms with Crippen molar-refractivity contribution in [2.75, 3.05) is 7.11 Å². The molecule has 0 aliphatic rings. The van der Waals surface area contributed by atoms with Crippen LogP contribution >= 0.6 is 11.3 Å². The van der Waals surface area contributed by atoms with Crippen LogP contribution in [0, 0.1) is 5.82 Å². The second-order valence-corrected chi connectivity index (χ2v) is 6.16. The number of nitrogens with one attached hydrogen (secondary N) is 1. The molecule has 0 saturated heterocycles. The highest BCUT2D eigenvalue weighted by atomic mass is 32.1. The summed E-state index contributed by atoms with van der Waals surface area (Å²) in [6, 6.07) is 14.7. The third-order valence-electron chi connectivity index (χ3n) is 3.48. The molecule has 3 rings (SSSR count). The van der Waals surface area contributed by atoms with Gasteiger partial charge in [-0.05, 0) is 35.9 Å². The summed E-state index contributed by atoms with van der Waals surface area (Å²) in [6.45, 7) is 1.11. The molecule has 0 atom stereocenters. The molecule has 0 fully saturated rings. The van der Waals surface area contributed by atoms with Crippen LogP contribution in [0.15, 0.2) is 54.7 Å². The Morgan fingerprint density at radius 2 is 1.87 bits per heavy atom. The van der Waals surface area contributed by atoms with Gasteiger partial charge in [0, 0.05) is 24.8 Å². The minimum atomic E-state index is -0.182. The van der Waals surface area contributed by atoms with E-state index >= 15 is 0 Å². The lowest BCUT2D eigenvalue weighted by Crippen LogP contribution is -2.13. The minimum Gasteiger partial charge on any atom is -0.497 e. The highest BCUT2D eigenvalue weighted by Crippen LogP contribution is 2.27. The van der Waals surface area contributed by atoms with Gasteiger partial charge >= 0.3 is 0 Å². The van der Waals surface area contributed by atoms with Crippen molar-refractivity contribution >= 4 is 11.3 Å². The number of nitrogens with zero attached hydrogens (tertiary/aromatic N) is 1. The van der Waals surface area contributed by atoms with Gasteiger partial charge in [0.25, 0.3) is 0 Å². The molecule has 1 N–H and O–H groups in total. The maximum Gasteiger partial charge on any atom is 0.127 e. The van der Waals surface area contributed by atoms with Crippen molar-refractivity contribution in [1.29, 1.82) is 0 Å². The van der Waals surface area contributed by atoms with Crippen molar-refractivity contribution in [2.24, 2.45) is 0 Å². The molecule has 118 valence electrons. The van der Waals surface area contributed by atoms with E-state index < -0.39 is 0 Å². The Morgan fingerprint density at radius 1 is 1.09 bits per heavy atom. The third kappa shape index (κ3) is 3.94. The maximum absolute atomic E-state index is 13.5. The molecule has 0 radical (unpaired) electrons. The summed E-state index contributed by atoms with van der Waals surface area (Å²) in [4.78, 5) is 5.53. The number of methoxy groups -OCH3 is 1.